The molecule has 3 aromatic rings. The Kier molecular flexibility index (Phi) is 4.99. The molecular weight excluding hydrogens is 372 g/mol. The van der Waals surface area contributed by atoms with Gasteiger partial charge in [-0.05, 0) is 42.7 Å². The number of hydrogen-bond acceptors (Lipinski definition) is 5. The van der Waals surface area contributed by atoms with Gasteiger partial charge in [-0.2, -0.15) is 9.78 Å². The van der Waals surface area contributed by atoms with Crippen molar-refractivity contribution in [1.82, 2.24) is 19.7 Å². The minimum absolute atomic E-state index is 0.00602. The lowest BCUT2D eigenvalue weighted by atomic mass is 10.2. The number of amides is 1. The molecule has 1 heterocycles. The van der Waals surface area contributed by atoms with Gasteiger partial charge in [-0.15, -0.1) is 0 Å². The summed E-state index contributed by atoms with van der Waals surface area (Å²) in [7, 11) is 1.54. The molecule has 8 heteroatoms. The maximum Gasteiger partial charge on any atom is 0.352 e. The fraction of sp³-hybridized carbons (Fsp3) is 0.238. The molecule has 29 heavy (non-hydrogen) atoms. The van der Waals surface area contributed by atoms with Gasteiger partial charge in [0, 0.05) is 6.04 Å². The van der Waals surface area contributed by atoms with E-state index in [1.54, 1.807) is 55.6 Å². The number of nitrogens with one attached hydrogen (secondary N) is 1. The van der Waals surface area contributed by atoms with E-state index in [0.717, 1.165) is 22.1 Å². The van der Waals surface area contributed by atoms with Gasteiger partial charge in [-0.1, -0.05) is 30.3 Å². The standard InChI is InChI=1S/C21H20N4O4/c1-29-17-9-5-6-14(12-17)13-24-20(27)18(19(26)22-15-10-11-15)23-25(21(24)28)16-7-3-2-4-8-16/h2-9,12,15H,10-11,13H2,1H3,(H,22,26). The van der Waals surface area contributed by atoms with E-state index < -0.39 is 17.2 Å². The van der Waals surface area contributed by atoms with Gasteiger partial charge in [0.25, 0.3) is 11.5 Å². The van der Waals surface area contributed by atoms with E-state index in [2.05, 4.69) is 10.4 Å². The van der Waals surface area contributed by atoms with Crippen LogP contribution in [0.2, 0.25) is 0 Å². The summed E-state index contributed by atoms with van der Waals surface area (Å²) in [6.07, 6.45) is 1.75. The zero-order valence-corrected chi connectivity index (χ0v) is 15.9. The van der Waals surface area contributed by atoms with Crippen LogP contribution in [-0.4, -0.2) is 33.4 Å². The Labute approximate surface area is 166 Å². The molecule has 1 fully saturated rings. The van der Waals surface area contributed by atoms with Gasteiger partial charge in [-0.25, -0.2) is 4.79 Å². The first-order chi connectivity index (χ1) is 14.1. The van der Waals surface area contributed by atoms with Gasteiger partial charge in [0.1, 0.15) is 5.75 Å². The number of para-hydroxylation sites is 1. The van der Waals surface area contributed by atoms with Crippen LogP contribution in [0.5, 0.6) is 5.75 Å². The highest BCUT2D eigenvalue weighted by Gasteiger charge is 2.27. The number of carbonyl (C=O) groups excluding carboxylic acids is 1. The predicted molar refractivity (Wildman–Crippen MR) is 107 cm³/mol. The highest BCUT2D eigenvalue weighted by atomic mass is 16.5. The molecule has 148 valence electrons. The van der Waals surface area contributed by atoms with Gasteiger partial charge in [-0.3, -0.25) is 14.2 Å². The van der Waals surface area contributed by atoms with Gasteiger partial charge in [0.05, 0.1) is 19.3 Å². The van der Waals surface area contributed by atoms with E-state index in [1.807, 2.05) is 6.07 Å². The molecule has 4 rings (SSSR count). The lowest BCUT2D eigenvalue weighted by Gasteiger charge is -2.12. The predicted octanol–water partition coefficient (Wildman–Crippen LogP) is 1.34. The van der Waals surface area contributed by atoms with Crippen LogP contribution in [-0.2, 0) is 6.54 Å². The summed E-state index contributed by atoms with van der Waals surface area (Å²) in [4.78, 5) is 38.6. The Morgan fingerprint density at radius 2 is 1.90 bits per heavy atom. The molecule has 1 aliphatic rings. The number of benzene rings is 2. The molecule has 2 aromatic carbocycles. The zero-order valence-electron chi connectivity index (χ0n) is 15.9. The maximum absolute atomic E-state index is 13.1. The number of hydrogen-bond donors (Lipinski definition) is 1. The van der Waals surface area contributed by atoms with Crippen LogP contribution >= 0.6 is 0 Å². The number of methoxy groups -OCH3 is 1. The van der Waals surface area contributed by atoms with Gasteiger partial charge in [0.2, 0.25) is 5.69 Å². The molecule has 1 aliphatic carbocycles. The highest BCUT2D eigenvalue weighted by molar-refractivity contribution is 5.92. The second-order valence-electron chi connectivity index (χ2n) is 6.87. The molecule has 1 amide bonds. The Morgan fingerprint density at radius 1 is 1.14 bits per heavy atom. The van der Waals surface area contributed by atoms with Crippen molar-refractivity contribution in [3.63, 3.8) is 0 Å². The number of nitrogens with zero attached hydrogens (tertiary/aromatic N) is 3. The molecule has 0 radical (unpaired) electrons. The summed E-state index contributed by atoms with van der Waals surface area (Å²) in [5.41, 5.74) is -0.473. The van der Waals surface area contributed by atoms with Crippen LogP contribution in [0, 0.1) is 0 Å². The van der Waals surface area contributed by atoms with E-state index in [0.29, 0.717) is 17.0 Å². The SMILES string of the molecule is COc1cccc(Cn2c(=O)c(C(=O)NC3CC3)nn(-c3ccccc3)c2=O)c1. The number of rotatable bonds is 6. The van der Waals surface area contributed by atoms with Gasteiger partial charge < -0.3 is 10.1 Å². The van der Waals surface area contributed by atoms with Crippen molar-refractivity contribution in [3.8, 4) is 11.4 Å². The summed E-state index contributed by atoms with van der Waals surface area (Å²) in [5.74, 6) is 0.0428. The molecule has 0 atom stereocenters. The maximum atomic E-state index is 13.1. The fourth-order valence-electron chi connectivity index (χ4n) is 2.97. The normalized spacial score (nSPS) is 13.1. The smallest absolute Gasteiger partial charge is 0.352 e. The Bertz CT molecular complexity index is 1160. The van der Waals surface area contributed by atoms with E-state index in [-0.39, 0.29) is 18.3 Å². The first-order valence-corrected chi connectivity index (χ1v) is 9.30. The lowest BCUT2D eigenvalue weighted by Crippen LogP contribution is -2.46. The first kappa shape index (κ1) is 18.7. The molecule has 0 unspecified atom stereocenters. The quantitative estimate of drug-likeness (QED) is 0.683. The minimum atomic E-state index is -0.719. The summed E-state index contributed by atoms with van der Waals surface area (Å²) in [6.45, 7) is -0.00602. The van der Waals surface area contributed by atoms with Gasteiger partial charge >= 0.3 is 5.69 Å². The average molecular weight is 392 g/mol. The van der Waals surface area contributed by atoms with Crippen LogP contribution in [0.15, 0.2) is 64.2 Å². The molecule has 8 nitrogen and oxygen atoms in total. The van der Waals surface area contributed by atoms with Crippen molar-refractivity contribution >= 4 is 5.91 Å². The summed E-state index contributed by atoms with van der Waals surface area (Å²) >= 11 is 0. The number of ether oxygens (including phenoxy) is 1. The summed E-state index contributed by atoms with van der Waals surface area (Å²) < 4.78 is 7.32. The molecule has 0 saturated heterocycles. The molecule has 1 aromatic heterocycles. The van der Waals surface area contributed by atoms with Crippen LogP contribution in [0.3, 0.4) is 0 Å². The molecule has 0 bridgehead atoms. The van der Waals surface area contributed by atoms with Crippen LogP contribution in [0.25, 0.3) is 5.69 Å². The molecular formula is C21H20N4O4. The summed E-state index contributed by atoms with van der Waals surface area (Å²) in [5, 5.41) is 6.86. The minimum Gasteiger partial charge on any atom is -0.497 e. The molecule has 1 N–H and O–H groups in total. The molecule has 1 saturated carbocycles. The van der Waals surface area contributed by atoms with Crippen molar-refractivity contribution in [1.29, 1.82) is 0 Å². The van der Waals surface area contributed by atoms with E-state index in [4.69, 9.17) is 4.74 Å². The Balaban J connectivity index is 1.84. The van der Waals surface area contributed by atoms with Crippen molar-refractivity contribution in [2.75, 3.05) is 7.11 Å². The van der Waals surface area contributed by atoms with Crippen LogP contribution in [0.1, 0.15) is 28.9 Å². The van der Waals surface area contributed by atoms with Crippen LogP contribution < -0.4 is 21.3 Å². The van der Waals surface area contributed by atoms with Crippen molar-refractivity contribution < 1.29 is 9.53 Å². The highest BCUT2D eigenvalue weighted by Crippen LogP contribution is 2.18. The largest absolute Gasteiger partial charge is 0.497 e. The topological polar surface area (TPSA) is 95.2 Å². The third-order valence-electron chi connectivity index (χ3n) is 4.66. The second kappa shape index (κ2) is 7.75. The van der Waals surface area contributed by atoms with Crippen molar-refractivity contribution in [3.05, 3.63) is 86.7 Å². The van der Waals surface area contributed by atoms with Crippen LogP contribution in [0.4, 0.5) is 0 Å². The summed E-state index contributed by atoms with van der Waals surface area (Å²) in [6, 6.07) is 15.8. The third-order valence-corrected chi connectivity index (χ3v) is 4.66. The monoisotopic (exact) mass is 392 g/mol. The van der Waals surface area contributed by atoms with E-state index in [1.165, 1.54) is 0 Å². The average Bonchev–Trinajstić information content (AvgIpc) is 3.56. The molecule has 0 spiro atoms. The Morgan fingerprint density at radius 3 is 2.59 bits per heavy atom. The van der Waals surface area contributed by atoms with E-state index >= 15 is 0 Å². The van der Waals surface area contributed by atoms with Gasteiger partial charge in [0.15, 0.2) is 0 Å². The lowest BCUT2D eigenvalue weighted by molar-refractivity contribution is 0.0941. The fourth-order valence-corrected chi connectivity index (χ4v) is 2.97. The second-order valence-corrected chi connectivity index (χ2v) is 6.87. The zero-order chi connectivity index (χ0) is 20.4. The first-order valence-electron chi connectivity index (χ1n) is 9.30. The van der Waals surface area contributed by atoms with Crippen molar-refractivity contribution in [2.24, 2.45) is 0 Å². The molecule has 0 aliphatic heterocycles. The van der Waals surface area contributed by atoms with Crippen molar-refractivity contribution in [2.45, 2.75) is 25.4 Å². The number of aromatic nitrogens is 3. The third kappa shape index (κ3) is 3.96. The van der Waals surface area contributed by atoms with E-state index in [9.17, 15) is 14.4 Å². The Hall–Kier alpha value is -3.68. The number of carbonyl (C=O) groups is 1.